The molecule has 33 heavy (non-hydrogen) atoms. The first kappa shape index (κ1) is 26.7. The largest absolute Gasteiger partial charge is 0.524 e. The van der Waals surface area contributed by atoms with Crippen LogP contribution in [-0.4, -0.2) is 34.6 Å². The Balaban J connectivity index is 2.60. The quantitative estimate of drug-likeness (QED) is 0.279. The van der Waals surface area contributed by atoms with E-state index in [1.807, 2.05) is 13.8 Å². The van der Waals surface area contributed by atoms with E-state index in [0.717, 1.165) is 6.66 Å². The van der Waals surface area contributed by atoms with Gasteiger partial charge in [0.2, 0.25) is 0 Å². The molecule has 0 aliphatic heterocycles. The lowest BCUT2D eigenvalue weighted by atomic mass is 9.77. The summed E-state index contributed by atoms with van der Waals surface area (Å²) >= 11 is 0. The molecule has 0 radical (unpaired) electrons. The molecule has 0 saturated heterocycles. The van der Waals surface area contributed by atoms with Crippen LogP contribution in [0.25, 0.3) is 0 Å². The van der Waals surface area contributed by atoms with E-state index in [9.17, 15) is 14.0 Å². The molecule has 0 aromatic heterocycles. The van der Waals surface area contributed by atoms with Gasteiger partial charge in [-0.3, -0.25) is 9.79 Å². The van der Waals surface area contributed by atoms with E-state index < -0.39 is 20.8 Å². The number of phosphoric acid groups is 1. The van der Waals surface area contributed by atoms with E-state index in [0.29, 0.717) is 22.6 Å². The van der Waals surface area contributed by atoms with Crippen molar-refractivity contribution in [2.75, 3.05) is 19.9 Å². The first-order valence-corrected chi connectivity index (χ1v) is 13.3. The number of ether oxygens (including phenoxy) is 2. The molecule has 0 amide bonds. The van der Waals surface area contributed by atoms with Crippen LogP contribution in [0.2, 0.25) is 0 Å². The van der Waals surface area contributed by atoms with E-state index in [1.165, 1.54) is 24.3 Å². The Hall–Kier alpha value is -2.54. The predicted octanol–water partition coefficient (Wildman–Crippen LogP) is 4.81. The van der Waals surface area contributed by atoms with Crippen molar-refractivity contribution in [3.05, 3.63) is 72.8 Å². The maximum absolute atomic E-state index is 11.7. The molecule has 9 nitrogen and oxygen atoms in total. The third kappa shape index (κ3) is 7.77. The number of phosphoric ester groups is 1. The summed E-state index contributed by atoms with van der Waals surface area (Å²) in [5, 5.41) is 0. The average Bonchev–Trinajstić information content (AvgIpc) is 2.68. The van der Waals surface area contributed by atoms with Crippen LogP contribution in [0.1, 0.15) is 25.0 Å². The first-order chi connectivity index (χ1) is 15.3. The summed E-state index contributed by atoms with van der Waals surface area (Å²) in [7, 11) is -8.53. The van der Waals surface area contributed by atoms with Crippen molar-refractivity contribution < 1.29 is 42.3 Å². The van der Waals surface area contributed by atoms with E-state index >= 15 is 0 Å². The maximum Gasteiger partial charge on any atom is 0.524 e. The third-order valence-corrected chi connectivity index (χ3v) is 5.46. The second kappa shape index (κ2) is 10.6. The minimum Gasteiger partial charge on any atom is -0.489 e. The minimum atomic E-state index is -4.75. The molecule has 3 N–H and O–H groups in total. The van der Waals surface area contributed by atoms with Gasteiger partial charge in [0.25, 0.3) is 0 Å². The zero-order valence-electron chi connectivity index (χ0n) is 18.6. The Morgan fingerprint density at radius 2 is 1.27 bits per heavy atom. The van der Waals surface area contributed by atoms with Gasteiger partial charge in [-0.25, -0.2) is 9.13 Å². The number of rotatable bonds is 12. The van der Waals surface area contributed by atoms with Crippen LogP contribution in [0, 0.1) is 0 Å². The molecule has 11 heteroatoms. The van der Waals surface area contributed by atoms with Gasteiger partial charge in [-0.15, -0.1) is 0 Å². The van der Waals surface area contributed by atoms with E-state index in [-0.39, 0.29) is 24.7 Å². The van der Waals surface area contributed by atoms with Crippen LogP contribution in [-0.2, 0) is 14.5 Å². The Kier molecular flexibility index (Phi) is 8.57. The summed E-state index contributed by atoms with van der Waals surface area (Å²) in [6.45, 7) is 12.5. The Bertz CT molecular complexity index is 1010. The fourth-order valence-electron chi connectivity index (χ4n) is 3.17. The highest BCUT2D eigenvalue weighted by atomic mass is 31.2. The summed E-state index contributed by atoms with van der Waals surface area (Å²) in [4.78, 5) is 27.8. The van der Waals surface area contributed by atoms with Crippen LogP contribution in [0.15, 0.2) is 61.7 Å². The van der Waals surface area contributed by atoms with Gasteiger partial charge in [-0.1, -0.05) is 51.3 Å². The van der Waals surface area contributed by atoms with Gasteiger partial charge in [0.15, 0.2) is 0 Å². The molecule has 2 aromatic rings. The van der Waals surface area contributed by atoms with Crippen molar-refractivity contribution in [1.29, 1.82) is 0 Å². The lowest BCUT2D eigenvalue weighted by Crippen LogP contribution is -2.21. The van der Waals surface area contributed by atoms with Gasteiger partial charge in [-0.05, 0) is 12.1 Å². The van der Waals surface area contributed by atoms with Gasteiger partial charge in [0.1, 0.15) is 36.2 Å². The number of hydrogen-bond acceptors (Lipinski definition) is 6. The fraction of sp³-hybridized carbons (Fsp3) is 0.273. The molecule has 1 unspecified atom stereocenters. The van der Waals surface area contributed by atoms with Crippen molar-refractivity contribution in [3.63, 3.8) is 0 Å². The van der Waals surface area contributed by atoms with Crippen molar-refractivity contribution in [2.24, 2.45) is 0 Å². The SMILES string of the molecule is C=CCOc1cc(OP(C)(=O)O)ccc1C(C)(C)c1ccc(OP(=O)(O)O)cc1OCC=C. The number of hydrogen-bond donors (Lipinski definition) is 3. The summed E-state index contributed by atoms with van der Waals surface area (Å²) < 4.78 is 44.3. The van der Waals surface area contributed by atoms with Crippen molar-refractivity contribution in [3.8, 4) is 23.0 Å². The van der Waals surface area contributed by atoms with Crippen LogP contribution >= 0.6 is 15.4 Å². The van der Waals surface area contributed by atoms with Crippen molar-refractivity contribution in [2.45, 2.75) is 19.3 Å². The topological polar surface area (TPSA) is 132 Å². The molecule has 0 fully saturated rings. The molecule has 2 aromatic carbocycles. The molecule has 180 valence electrons. The smallest absolute Gasteiger partial charge is 0.489 e. The molecule has 0 bridgehead atoms. The molecule has 2 rings (SSSR count). The predicted molar refractivity (Wildman–Crippen MR) is 125 cm³/mol. The molecule has 1 atom stereocenters. The summed E-state index contributed by atoms with van der Waals surface area (Å²) in [5.74, 6) is 0.830. The molecular formula is C22H28O9P2. The minimum absolute atomic E-state index is 0.0598. The summed E-state index contributed by atoms with van der Waals surface area (Å²) in [5.41, 5.74) is 0.622. The Labute approximate surface area is 193 Å². The lowest BCUT2D eigenvalue weighted by Gasteiger charge is -2.30. The average molecular weight is 498 g/mol. The van der Waals surface area contributed by atoms with Crippen LogP contribution < -0.4 is 18.5 Å². The molecule has 0 aliphatic rings. The zero-order chi connectivity index (χ0) is 24.9. The monoisotopic (exact) mass is 498 g/mol. The van der Waals surface area contributed by atoms with Crippen LogP contribution in [0.5, 0.6) is 23.0 Å². The van der Waals surface area contributed by atoms with Crippen LogP contribution in [0.3, 0.4) is 0 Å². The second-order valence-corrected chi connectivity index (χ2v) is 10.6. The first-order valence-electron chi connectivity index (χ1n) is 9.78. The highest BCUT2D eigenvalue weighted by molar-refractivity contribution is 7.52. The Morgan fingerprint density at radius 1 is 0.848 bits per heavy atom. The molecular weight excluding hydrogens is 470 g/mol. The van der Waals surface area contributed by atoms with Gasteiger partial charge >= 0.3 is 15.4 Å². The molecule has 0 aliphatic carbocycles. The van der Waals surface area contributed by atoms with Gasteiger partial charge in [0, 0.05) is 35.3 Å². The standard InChI is InChI=1S/C22H28O9P2/c1-6-12-28-20-14-16(30-32(5,23)24)8-10-18(20)22(3,4)19-11-9-17(31-33(25,26)27)15-21(19)29-13-7-2/h6-11,14-15H,1-2,12-13H2,3-5H3,(H,23,24)(H2,25,26,27). The van der Waals surface area contributed by atoms with Gasteiger partial charge in [0.05, 0.1) is 0 Å². The summed E-state index contributed by atoms with van der Waals surface area (Å²) in [6, 6.07) is 9.24. The van der Waals surface area contributed by atoms with Gasteiger partial charge < -0.3 is 23.4 Å². The molecule has 0 saturated carbocycles. The molecule has 0 spiro atoms. The van der Waals surface area contributed by atoms with Crippen molar-refractivity contribution >= 4 is 15.4 Å². The summed E-state index contributed by atoms with van der Waals surface area (Å²) in [6.07, 6.45) is 3.10. The Morgan fingerprint density at radius 3 is 1.64 bits per heavy atom. The van der Waals surface area contributed by atoms with Crippen LogP contribution in [0.4, 0.5) is 0 Å². The highest BCUT2D eigenvalue weighted by Crippen LogP contribution is 2.47. The lowest BCUT2D eigenvalue weighted by molar-refractivity contribution is 0.282. The normalized spacial score (nSPS) is 13.5. The van der Waals surface area contributed by atoms with E-state index in [4.69, 9.17) is 28.3 Å². The maximum atomic E-state index is 11.7. The third-order valence-electron chi connectivity index (χ3n) is 4.47. The van der Waals surface area contributed by atoms with E-state index in [2.05, 4.69) is 13.2 Å². The van der Waals surface area contributed by atoms with E-state index in [1.54, 1.807) is 24.3 Å². The van der Waals surface area contributed by atoms with Crippen molar-refractivity contribution in [1.82, 2.24) is 0 Å². The zero-order valence-corrected chi connectivity index (χ0v) is 20.4. The number of benzene rings is 2. The highest BCUT2D eigenvalue weighted by Gasteiger charge is 2.31. The second-order valence-electron chi connectivity index (χ2n) is 7.62. The molecule has 0 heterocycles. The fourth-order valence-corrected chi connectivity index (χ4v) is 4.06. The van der Waals surface area contributed by atoms with Gasteiger partial charge in [-0.2, -0.15) is 0 Å².